The van der Waals surface area contributed by atoms with E-state index in [1.807, 2.05) is 42.5 Å². The molecule has 0 amide bonds. The third kappa shape index (κ3) is 3.61. The molecule has 2 aromatic carbocycles. The highest BCUT2D eigenvalue weighted by atomic mass is 35.5. The Kier molecular flexibility index (Phi) is 4.77. The van der Waals surface area contributed by atoms with Gasteiger partial charge in [-0.05, 0) is 24.6 Å². The van der Waals surface area contributed by atoms with Gasteiger partial charge in [-0.2, -0.15) is 5.10 Å². The Balaban J connectivity index is 2.00. The van der Waals surface area contributed by atoms with Crippen LogP contribution in [0.15, 0.2) is 42.5 Å². The van der Waals surface area contributed by atoms with Crippen molar-refractivity contribution in [1.29, 1.82) is 0 Å². The topological polar surface area (TPSA) is 80.8 Å². The second-order valence-electron chi connectivity index (χ2n) is 5.38. The van der Waals surface area contributed by atoms with E-state index >= 15 is 0 Å². The Hall–Kier alpha value is -1.73. The van der Waals surface area contributed by atoms with Crippen LogP contribution in [0, 0.1) is 0 Å². The van der Waals surface area contributed by atoms with E-state index in [1.54, 1.807) is 6.92 Å². The third-order valence-electron chi connectivity index (χ3n) is 3.61. The molecule has 0 aliphatic rings. The molecule has 0 bridgehead atoms. The minimum absolute atomic E-state index is 0.229. The summed E-state index contributed by atoms with van der Waals surface area (Å²) in [6, 6.07) is 13.5. The number of aromatic nitrogens is 2. The quantitative estimate of drug-likeness (QED) is 0.695. The Morgan fingerprint density at radius 2 is 2.09 bits per heavy atom. The number of benzene rings is 2. The summed E-state index contributed by atoms with van der Waals surface area (Å²) in [6.07, 6.45) is 0.514. The zero-order valence-corrected chi connectivity index (χ0v) is 13.9. The Morgan fingerprint density at radius 3 is 2.78 bits per heavy atom. The summed E-state index contributed by atoms with van der Waals surface area (Å²) >= 11 is 4.09. The van der Waals surface area contributed by atoms with E-state index in [2.05, 4.69) is 14.9 Å². The molecular weight excluding hydrogens is 334 g/mol. The lowest BCUT2D eigenvalue weighted by Crippen LogP contribution is -2.29. The van der Waals surface area contributed by atoms with Crippen LogP contribution < -0.4 is 4.72 Å². The van der Waals surface area contributed by atoms with Crippen molar-refractivity contribution in [1.82, 2.24) is 14.9 Å². The van der Waals surface area contributed by atoms with Crippen molar-refractivity contribution < 1.29 is 8.76 Å². The standard InChI is InChI=1S/C16H16ClN3O2S/c1-10(20-23(21)22)7-15-13-8-12(11-5-3-2-4-6-11)14(17)9-16(13)19-18-15/h2-6,8-10,20H,7H2,1H3,(H,18,19)(H,21,22)/p-1. The van der Waals surface area contributed by atoms with Crippen LogP contribution in [0.25, 0.3) is 22.0 Å². The zero-order valence-electron chi connectivity index (χ0n) is 12.4. The monoisotopic (exact) mass is 348 g/mol. The number of nitrogens with one attached hydrogen (secondary N) is 2. The first-order valence-electron chi connectivity index (χ1n) is 7.12. The lowest BCUT2D eigenvalue weighted by molar-refractivity contribution is 0.507. The van der Waals surface area contributed by atoms with E-state index in [0.717, 1.165) is 27.7 Å². The van der Waals surface area contributed by atoms with E-state index in [9.17, 15) is 8.76 Å². The van der Waals surface area contributed by atoms with E-state index in [-0.39, 0.29) is 6.04 Å². The Morgan fingerprint density at radius 1 is 1.35 bits per heavy atom. The predicted molar refractivity (Wildman–Crippen MR) is 91.8 cm³/mol. The maximum absolute atomic E-state index is 10.7. The molecule has 5 nitrogen and oxygen atoms in total. The molecular formula is C16H15ClN3O2S-. The van der Waals surface area contributed by atoms with Gasteiger partial charge in [0, 0.05) is 40.4 Å². The summed E-state index contributed by atoms with van der Waals surface area (Å²) in [5.41, 5.74) is 3.59. The minimum atomic E-state index is -2.28. The Labute approximate surface area is 141 Å². The number of halogens is 1. The van der Waals surface area contributed by atoms with Gasteiger partial charge in [-0.3, -0.25) is 9.31 Å². The molecule has 0 radical (unpaired) electrons. The van der Waals surface area contributed by atoms with Crippen LogP contribution in [-0.2, 0) is 17.7 Å². The second-order valence-corrected chi connectivity index (χ2v) is 6.49. The highest BCUT2D eigenvalue weighted by Gasteiger charge is 2.13. The molecule has 0 fully saturated rings. The Bertz CT molecular complexity index is 851. The molecule has 2 N–H and O–H groups in total. The lowest BCUT2D eigenvalue weighted by Gasteiger charge is -2.14. The number of H-pyrrole nitrogens is 1. The lowest BCUT2D eigenvalue weighted by atomic mass is 10.0. The van der Waals surface area contributed by atoms with Crippen molar-refractivity contribution in [3.05, 3.63) is 53.2 Å². The number of nitrogens with zero attached hydrogens (tertiary/aromatic N) is 1. The predicted octanol–water partition coefficient (Wildman–Crippen LogP) is 3.20. The number of rotatable bonds is 5. The van der Waals surface area contributed by atoms with Gasteiger partial charge in [-0.15, -0.1) is 0 Å². The van der Waals surface area contributed by atoms with E-state index in [1.165, 1.54) is 0 Å². The number of hydrogen-bond donors (Lipinski definition) is 2. The highest BCUT2D eigenvalue weighted by Crippen LogP contribution is 2.32. The molecule has 7 heteroatoms. The van der Waals surface area contributed by atoms with Gasteiger partial charge in [0.25, 0.3) is 0 Å². The fourth-order valence-electron chi connectivity index (χ4n) is 2.59. The summed E-state index contributed by atoms with van der Waals surface area (Å²) in [6.45, 7) is 1.80. The number of aromatic amines is 1. The largest absolute Gasteiger partial charge is 0.760 e. The molecule has 2 unspecified atom stereocenters. The van der Waals surface area contributed by atoms with Crippen molar-refractivity contribution in [3.8, 4) is 11.1 Å². The van der Waals surface area contributed by atoms with Crippen LogP contribution in [0.2, 0.25) is 5.02 Å². The van der Waals surface area contributed by atoms with Crippen LogP contribution >= 0.6 is 11.6 Å². The highest BCUT2D eigenvalue weighted by molar-refractivity contribution is 7.77. The molecule has 0 saturated heterocycles. The molecule has 2 atom stereocenters. The second kappa shape index (κ2) is 6.80. The molecule has 1 heterocycles. The maximum atomic E-state index is 10.7. The normalized spacial score (nSPS) is 14.0. The first-order valence-corrected chi connectivity index (χ1v) is 8.57. The third-order valence-corrected chi connectivity index (χ3v) is 4.52. The van der Waals surface area contributed by atoms with Gasteiger partial charge < -0.3 is 4.55 Å². The summed E-state index contributed by atoms with van der Waals surface area (Å²) in [5.74, 6) is 0. The number of hydrogen-bond acceptors (Lipinski definition) is 3. The van der Waals surface area contributed by atoms with Crippen LogP contribution in [0.1, 0.15) is 12.6 Å². The van der Waals surface area contributed by atoms with Crippen LogP contribution in [-0.4, -0.2) is 25.0 Å². The van der Waals surface area contributed by atoms with Crippen molar-refractivity contribution in [2.45, 2.75) is 19.4 Å². The molecule has 0 saturated carbocycles. The van der Waals surface area contributed by atoms with Crippen molar-refractivity contribution in [2.24, 2.45) is 0 Å². The van der Waals surface area contributed by atoms with Gasteiger partial charge in [0.15, 0.2) is 0 Å². The van der Waals surface area contributed by atoms with Gasteiger partial charge in [0.2, 0.25) is 0 Å². The van der Waals surface area contributed by atoms with Gasteiger partial charge in [-0.25, -0.2) is 4.72 Å². The van der Waals surface area contributed by atoms with Crippen molar-refractivity contribution >= 4 is 33.8 Å². The van der Waals surface area contributed by atoms with E-state index in [0.29, 0.717) is 11.4 Å². The summed E-state index contributed by atoms with van der Waals surface area (Å²) in [4.78, 5) is 0. The van der Waals surface area contributed by atoms with Gasteiger partial charge in [0.05, 0.1) is 10.5 Å². The fraction of sp³-hybridized carbons (Fsp3) is 0.188. The molecule has 0 aliphatic carbocycles. The maximum Gasteiger partial charge on any atom is 0.0938 e. The molecule has 3 rings (SSSR count). The van der Waals surface area contributed by atoms with E-state index < -0.39 is 11.3 Å². The summed E-state index contributed by atoms with van der Waals surface area (Å²) in [5, 5.41) is 8.81. The molecule has 23 heavy (non-hydrogen) atoms. The fourth-order valence-corrected chi connectivity index (χ4v) is 3.27. The van der Waals surface area contributed by atoms with Crippen molar-refractivity contribution in [3.63, 3.8) is 0 Å². The summed E-state index contributed by atoms with van der Waals surface area (Å²) in [7, 11) is 0. The average Bonchev–Trinajstić information content (AvgIpc) is 2.88. The molecule has 0 spiro atoms. The van der Waals surface area contributed by atoms with Crippen LogP contribution in [0.3, 0.4) is 0 Å². The first-order chi connectivity index (χ1) is 11.0. The van der Waals surface area contributed by atoms with Gasteiger partial charge >= 0.3 is 0 Å². The minimum Gasteiger partial charge on any atom is -0.760 e. The molecule has 3 aromatic rings. The van der Waals surface area contributed by atoms with Gasteiger partial charge in [-0.1, -0.05) is 41.9 Å². The van der Waals surface area contributed by atoms with Crippen LogP contribution in [0.4, 0.5) is 0 Å². The summed E-state index contributed by atoms with van der Waals surface area (Å²) < 4.78 is 23.9. The SMILES string of the molecule is CC(Cc1[nH]nc2cc(Cl)c(-c3ccccc3)cc12)NS(=O)[O-]. The molecule has 1 aromatic heterocycles. The van der Waals surface area contributed by atoms with Crippen LogP contribution in [0.5, 0.6) is 0 Å². The number of fused-ring (bicyclic) bond motifs is 1. The van der Waals surface area contributed by atoms with Crippen molar-refractivity contribution in [2.75, 3.05) is 0 Å². The average molecular weight is 349 g/mol. The zero-order chi connectivity index (χ0) is 16.4. The van der Waals surface area contributed by atoms with Gasteiger partial charge in [0.1, 0.15) is 0 Å². The molecule has 120 valence electrons. The smallest absolute Gasteiger partial charge is 0.0938 e. The first kappa shape index (κ1) is 16.1. The molecule has 0 aliphatic heterocycles. The van der Waals surface area contributed by atoms with E-state index in [4.69, 9.17) is 11.6 Å².